The number of pyridine rings is 1. The van der Waals surface area contributed by atoms with E-state index in [0.29, 0.717) is 29.8 Å². The van der Waals surface area contributed by atoms with Gasteiger partial charge in [-0.2, -0.15) is 0 Å². The molecule has 2 bridgehead atoms. The topological polar surface area (TPSA) is 28.6 Å². The molecule has 144 valence electrons. The van der Waals surface area contributed by atoms with Crippen molar-refractivity contribution in [2.24, 2.45) is 5.92 Å². The lowest BCUT2D eigenvalue weighted by Crippen LogP contribution is -2.43. The third-order valence-electron chi connectivity index (χ3n) is 5.77. The van der Waals surface area contributed by atoms with Crippen LogP contribution in [0.5, 0.6) is 5.75 Å². The lowest BCUT2D eigenvalue weighted by atomic mass is 9.94. The molecule has 3 fully saturated rings. The van der Waals surface area contributed by atoms with Crippen molar-refractivity contribution in [3.05, 3.63) is 59.4 Å². The summed E-state index contributed by atoms with van der Waals surface area (Å²) in [4.78, 5) is 8.98. The predicted molar refractivity (Wildman–Crippen MR) is 99.3 cm³/mol. The molecule has 4 nitrogen and oxygen atoms in total. The van der Waals surface area contributed by atoms with Crippen molar-refractivity contribution in [3.63, 3.8) is 0 Å². The van der Waals surface area contributed by atoms with E-state index >= 15 is 0 Å². The Labute approximate surface area is 158 Å². The lowest BCUT2D eigenvalue weighted by molar-refractivity contribution is 0.120. The molecule has 3 aliphatic heterocycles. The molecule has 27 heavy (non-hydrogen) atoms. The maximum absolute atomic E-state index is 14.4. The van der Waals surface area contributed by atoms with Crippen molar-refractivity contribution >= 4 is 0 Å². The minimum Gasteiger partial charge on any atom is -0.496 e. The second-order valence-electron chi connectivity index (χ2n) is 7.62. The Hall–Kier alpha value is -2.05. The van der Waals surface area contributed by atoms with Crippen LogP contribution in [0.4, 0.5) is 8.78 Å². The molecule has 3 aliphatic rings. The van der Waals surface area contributed by atoms with Crippen LogP contribution < -0.4 is 4.74 Å². The largest absolute Gasteiger partial charge is 0.496 e. The highest BCUT2D eigenvalue weighted by Gasteiger charge is 2.35. The Balaban J connectivity index is 1.51. The quantitative estimate of drug-likeness (QED) is 0.803. The molecule has 0 aliphatic carbocycles. The van der Waals surface area contributed by atoms with Crippen molar-refractivity contribution in [1.29, 1.82) is 0 Å². The summed E-state index contributed by atoms with van der Waals surface area (Å²) in [5.74, 6) is -0.644. The number of ether oxygens (including phenoxy) is 1. The van der Waals surface area contributed by atoms with Crippen LogP contribution in [-0.4, -0.2) is 47.6 Å². The molecule has 0 amide bonds. The second kappa shape index (κ2) is 7.90. The molecule has 1 aromatic carbocycles. The second-order valence-corrected chi connectivity index (χ2v) is 7.62. The Morgan fingerprint density at radius 3 is 2.78 bits per heavy atom. The van der Waals surface area contributed by atoms with Crippen LogP contribution in [-0.2, 0) is 13.1 Å². The molecule has 0 spiro atoms. The Kier molecular flexibility index (Phi) is 5.36. The van der Waals surface area contributed by atoms with E-state index in [1.54, 1.807) is 6.20 Å². The van der Waals surface area contributed by atoms with Gasteiger partial charge in [-0.1, -0.05) is 6.07 Å². The van der Waals surface area contributed by atoms with Gasteiger partial charge in [0.25, 0.3) is 0 Å². The highest BCUT2D eigenvalue weighted by molar-refractivity contribution is 5.35. The van der Waals surface area contributed by atoms with Gasteiger partial charge in [-0.05, 0) is 42.5 Å². The van der Waals surface area contributed by atoms with Crippen molar-refractivity contribution < 1.29 is 13.5 Å². The van der Waals surface area contributed by atoms with Crippen molar-refractivity contribution in [2.75, 3.05) is 26.7 Å². The summed E-state index contributed by atoms with van der Waals surface area (Å²) in [6, 6.07) is 7.05. The van der Waals surface area contributed by atoms with Gasteiger partial charge >= 0.3 is 0 Å². The molecule has 4 heterocycles. The smallest absolute Gasteiger partial charge is 0.167 e. The molecule has 0 unspecified atom stereocenters. The average Bonchev–Trinajstić information content (AvgIpc) is 2.97. The SMILES string of the molecule is COc1ccc(F)c(F)c1CN1C[C@H]2CC[C@@H]1CN(Cc1cccnc1)C2. The summed E-state index contributed by atoms with van der Waals surface area (Å²) in [6.45, 7) is 4.14. The number of hydrogen-bond acceptors (Lipinski definition) is 4. The molecule has 3 saturated heterocycles. The summed E-state index contributed by atoms with van der Waals surface area (Å²) in [7, 11) is 1.50. The summed E-state index contributed by atoms with van der Waals surface area (Å²) in [6.07, 6.45) is 5.98. The van der Waals surface area contributed by atoms with Gasteiger partial charge in [0.15, 0.2) is 11.6 Å². The number of methoxy groups -OCH3 is 1. The molecule has 2 aromatic rings. The maximum atomic E-state index is 14.4. The van der Waals surface area contributed by atoms with Gasteiger partial charge in [-0.3, -0.25) is 14.8 Å². The highest BCUT2D eigenvalue weighted by atomic mass is 19.2. The number of nitrogens with zero attached hydrogens (tertiary/aromatic N) is 3. The monoisotopic (exact) mass is 373 g/mol. The zero-order valence-corrected chi connectivity index (χ0v) is 15.6. The van der Waals surface area contributed by atoms with E-state index in [2.05, 4.69) is 20.9 Å². The van der Waals surface area contributed by atoms with E-state index in [1.165, 1.54) is 25.2 Å². The van der Waals surface area contributed by atoms with E-state index < -0.39 is 11.6 Å². The molecular formula is C21H25F2N3O. The number of hydrogen-bond donors (Lipinski definition) is 0. The Morgan fingerprint density at radius 1 is 1.11 bits per heavy atom. The van der Waals surface area contributed by atoms with Crippen molar-refractivity contribution in [2.45, 2.75) is 32.0 Å². The van der Waals surface area contributed by atoms with Crippen LogP contribution in [0, 0.1) is 17.6 Å². The summed E-state index contributed by atoms with van der Waals surface area (Å²) in [5, 5.41) is 0. The zero-order chi connectivity index (χ0) is 18.8. The first kappa shape index (κ1) is 18.3. The summed E-state index contributed by atoms with van der Waals surface area (Å²) in [5.41, 5.74) is 1.53. The maximum Gasteiger partial charge on any atom is 0.167 e. The van der Waals surface area contributed by atoms with Gasteiger partial charge in [0.2, 0.25) is 0 Å². The van der Waals surface area contributed by atoms with Crippen molar-refractivity contribution in [1.82, 2.24) is 14.8 Å². The Morgan fingerprint density at radius 2 is 2.00 bits per heavy atom. The van der Waals surface area contributed by atoms with Crippen LogP contribution in [0.3, 0.4) is 0 Å². The molecule has 1 aromatic heterocycles. The third kappa shape index (κ3) is 3.96. The number of benzene rings is 1. The third-order valence-corrected chi connectivity index (χ3v) is 5.77. The Bertz CT molecular complexity index is 786. The highest BCUT2D eigenvalue weighted by Crippen LogP contribution is 2.32. The first-order valence-corrected chi connectivity index (χ1v) is 9.50. The molecular weight excluding hydrogens is 348 g/mol. The zero-order valence-electron chi connectivity index (χ0n) is 15.6. The fourth-order valence-corrected chi connectivity index (χ4v) is 4.47. The minimum absolute atomic E-state index is 0.323. The summed E-state index contributed by atoms with van der Waals surface area (Å²) < 4.78 is 33.5. The number of piperidine rings is 1. The van der Waals surface area contributed by atoms with E-state index in [-0.39, 0.29) is 0 Å². The fourth-order valence-electron chi connectivity index (χ4n) is 4.47. The van der Waals surface area contributed by atoms with E-state index in [0.717, 1.165) is 38.7 Å². The van der Waals surface area contributed by atoms with E-state index in [9.17, 15) is 8.78 Å². The predicted octanol–water partition coefficient (Wildman–Crippen LogP) is 3.46. The van der Waals surface area contributed by atoms with Crippen LogP contribution in [0.15, 0.2) is 36.7 Å². The first-order chi connectivity index (χ1) is 13.1. The van der Waals surface area contributed by atoms with Crippen LogP contribution >= 0.6 is 0 Å². The van der Waals surface area contributed by atoms with Crippen LogP contribution in [0.2, 0.25) is 0 Å². The van der Waals surface area contributed by atoms with E-state index in [1.807, 2.05) is 12.3 Å². The summed E-state index contributed by atoms with van der Waals surface area (Å²) >= 11 is 0. The van der Waals surface area contributed by atoms with Gasteiger partial charge < -0.3 is 4.74 Å². The van der Waals surface area contributed by atoms with Gasteiger partial charge in [-0.25, -0.2) is 8.78 Å². The van der Waals surface area contributed by atoms with Gasteiger partial charge in [0.05, 0.1) is 7.11 Å². The van der Waals surface area contributed by atoms with Crippen LogP contribution in [0.25, 0.3) is 0 Å². The molecule has 2 atom stereocenters. The fraction of sp³-hybridized carbons (Fsp3) is 0.476. The van der Waals surface area contributed by atoms with Crippen LogP contribution in [0.1, 0.15) is 24.0 Å². The molecule has 6 heteroatoms. The number of rotatable bonds is 5. The normalized spacial score (nSPS) is 23.4. The number of halogens is 2. The first-order valence-electron chi connectivity index (χ1n) is 9.50. The molecule has 5 rings (SSSR count). The average molecular weight is 373 g/mol. The molecule has 0 saturated carbocycles. The molecule has 0 N–H and O–H groups in total. The molecule has 0 radical (unpaired) electrons. The number of fused-ring (bicyclic) bond motifs is 4. The van der Waals surface area contributed by atoms with E-state index in [4.69, 9.17) is 4.74 Å². The van der Waals surface area contributed by atoms with Gasteiger partial charge in [0, 0.05) is 56.7 Å². The van der Waals surface area contributed by atoms with Gasteiger partial charge in [0.1, 0.15) is 5.75 Å². The minimum atomic E-state index is -0.816. The van der Waals surface area contributed by atoms with Gasteiger partial charge in [-0.15, -0.1) is 0 Å². The number of aromatic nitrogens is 1. The standard InChI is InChI=1S/C21H25F2N3O/c1-27-20-7-6-19(22)21(23)18(20)14-26-12-16-4-5-17(26)13-25(11-16)10-15-3-2-8-24-9-15/h2-3,6-9,16-17H,4-5,10-14H2,1H3/t16-,17+/m0/s1. The van der Waals surface area contributed by atoms with Crippen molar-refractivity contribution in [3.8, 4) is 5.75 Å². The lowest BCUT2D eigenvalue weighted by Gasteiger charge is -2.36.